The molecule has 0 atom stereocenters. The van der Waals surface area contributed by atoms with Crippen LogP contribution in [-0.4, -0.2) is 41.2 Å². The molecular weight excluding hydrogens is 336 g/mol. The molecule has 3 heterocycles. The number of nitrogens with one attached hydrogen (secondary N) is 2. The first-order chi connectivity index (χ1) is 12.3. The lowest BCUT2D eigenvalue weighted by Gasteiger charge is -2.07. The van der Waals surface area contributed by atoms with Gasteiger partial charge in [-0.25, -0.2) is 0 Å². The number of aromatic nitrogens is 6. The van der Waals surface area contributed by atoms with E-state index in [0.29, 0.717) is 12.2 Å². The largest absolute Gasteiger partial charge is 0.346 e. The average molecular weight is 356 g/mol. The summed E-state index contributed by atoms with van der Waals surface area (Å²) >= 11 is 0. The van der Waals surface area contributed by atoms with E-state index >= 15 is 0 Å². The SMILES string of the molecule is Cc1cc(C(=O)Nc2cnn(C)c2C(=O)NCc2cnn(C)c2)nn1C. The first kappa shape index (κ1) is 17.4. The van der Waals surface area contributed by atoms with Crippen molar-refractivity contribution in [2.45, 2.75) is 13.5 Å². The number of rotatable bonds is 5. The highest BCUT2D eigenvalue weighted by molar-refractivity contribution is 6.07. The Labute approximate surface area is 149 Å². The summed E-state index contributed by atoms with van der Waals surface area (Å²) in [4.78, 5) is 24.9. The van der Waals surface area contributed by atoms with E-state index in [2.05, 4.69) is 25.9 Å². The van der Waals surface area contributed by atoms with Crippen molar-refractivity contribution in [1.82, 2.24) is 34.7 Å². The zero-order valence-corrected chi connectivity index (χ0v) is 15.0. The maximum atomic E-state index is 12.5. The van der Waals surface area contributed by atoms with Crippen molar-refractivity contribution in [2.75, 3.05) is 5.32 Å². The number of amides is 2. The summed E-state index contributed by atoms with van der Waals surface area (Å²) in [5, 5.41) is 17.7. The molecule has 3 aromatic heterocycles. The molecule has 0 aliphatic heterocycles. The van der Waals surface area contributed by atoms with Gasteiger partial charge >= 0.3 is 0 Å². The Hall–Kier alpha value is -3.43. The van der Waals surface area contributed by atoms with Gasteiger partial charge in [-0.3, -0.25) is 23.6 Å². The minimum atomic E-state index is -0.400. The minimum Gasteiger partial charge on any atom is -0.346 e. The Bertz CT molecular complexity index is 945. The molecule has 26 heavy (non-hydrogen) atoms. The number of carbonyl (C=O) groups excluding carboxylic acids is 2. The first-order valence-corrected chi connectivity index (χ1v) is 7.95. The second-order valence-electron chi connectivity index (χ2n) is 5.98. The molecule has 2 N–H and O–H groups in total. The molecule has 0 radical (unpaired) electrons. The van der Waals surface area contributed by atoms with E-state index in [9.17, 15) is 9.59 Å². The maximum Gasteiger partial charge on any atom is 0.276 e. The summed E-state index contributed by atoms with van der Waals surface area (Å²) in [5.41, 5.74) is 2.59. The third-order valence-corrected chi connectivity index (χ3v) is 3.96. The number of carbonyl (C=O) groups is 2. The highest BCUT2D eigenvalue weighted by atomic mass is 16.2. The third-order valence-electron chi connectivity index (χ3n) is 3.96. The second-order valence-corrected chi connectivity index (χ2v) is 5.98. The zero-order valence-electron chi connectivity index (χ0n) is 15.0. The number of anilines is 1. The van der Waals surface area contributed by atoms with Crippen molar-refractivity contribution in [3.63, 3.8) is 0 Å². The molecule has 2 amide bonds. The molecule has 3 rings (SSSR count). The fourth-order valence-corrected chi connectivity index (χ4v) is 2.49. The molecule has 0 fully saturated rings. The smallest absolute Gasteiger partial charge is 0.276 e. The standard InChI is InChI=1S/C16H20N8O2/c1-10-5-12(21-23(10)3)15(25)20-13-8-19-24(4)14(13)16(26)17-6-11-7-18-22(2)9-11/h5,7-9H,6H2,1-4H3,(H,17,26)(H,20,25). The van der Waals surface area contributed by atoms with Gasteiger partial charge in [0.05, 0.1) is 18.1 Å². The fraction of sp³-hybridized carbons (Fsp3) is 0.312. The van der Waals surface area contributed by atoms with E-state index in [1.54, 1.807) is 42.8 Å². The summed E-state index contributed by atoms with van der Waals surface area (Å²) < 4.78 is 4.68. The van der Waals surface area contributed by atoms with Gasteiger partial charge in [0, 0.05) is 45.1 Å². The molecule has 3 aromatic rings. The highest BCUT2D eigenvalue weighted by Crippen LogP contribution is 2.16. The summed E-state index contributed by atoms with van der Waals surface area (Å²) in [5.74, 6) is -0.746. The molecule has 0 aromatic carbocycles. The maximum absolute atomic E-state index is 12.5. The molecule has 0 saturated carbocycles. The quantitative estimate of drug-likeness (QED) is 0.686. The van der Waals surface area contributed by atoms with Gasteiger partial charge in [-0.05, 0) is 13.0 Å². The average Bonchev–Trinajstić information content (AvgIpc) is 3.26. The molecule has 0 aliphatic rings. The van der Waals surface area contributed by atoms with Crippen molar-refractivity contribution < 1.29 is 9.59 Å². The summed E-state index contributed by atoms with van der Waals surface area (Å²) in [7, 11) is 5.20. The molecule has 10 heteroatoms. The van der Waals surface area contributed by atoms with Crippen LogP contribution in [0.15, 0.2) is 24.7 Å². The number of aryl methyl sites for hydroxylation is 4. The molecule has 0 bridgehead atoms. The van der Waals surface area contributed by atoms with E-state index < -0.39 is 5.91 Å². The topological polar surface area (TPSA) is 112 Å². The van der Waals surface area contributed by atoms with Crippen molar-refractivity contribution in [2.24, 2.45) is 21.1 Å². The summed E-state index contributed by atoms with van der Waals surface area (Å²) in [6.45, 7) is 2.18. The van der Waals surface area contributed by atoms with Gasteiger partial charge < -0.3 is 10.6 Å². The molecule has 0 saturated heterocycles. The Kier molecular flexibility index (Phi) is 4.57. The van der Waals surface area contributed by atoms with Crippen LogP contribution in [0.5, 0.6) is 0 Å². The van der Waals surface area contributed by atoms with Crippen LogP contribution in [0.3, 0.4) is 0 Å². The van der Waals surface area contributed by atoms with Crippen molar-refractivity contribution in [1.29, 1.82) is 0 Å². The number of hydrogen-bond donors (Lipinski definition) is 2. The van der Waals surface area contributed by atoms with Crippen LogP contribution in [0.2, 0.25) is 0 Å². The Morgan fingerprint density at radius 1 is 1.08 bits per heavy atom. The summed E-state index contributed by atoms with van der Waals surface area (Å²) in [6.07, 6.45) is 4.93. The Morgan fingerprint density at radius 2 is 1.85 bits per heavy atom. The van der Waals surface area contributed by atoms with E-state index in [0.717, 1.165) is 11.3 Å². The molecule has 10 nitrogen and oxygen atoms in total. The van der Waals surface area contributed by atoms with Crippen molar-refractivity contribution >= 4 is 17.5 Å². The van der Waals surface area contributed by atoms with Crippen LogP contribution in [0, 0.1) is 6.92 Å². The monoisotopic (exact) mass is 356 g/mol. The Balaban J connectivity index is 1.73. The van der Waals surface area contributed by atoms with Crippen LogP contribution in [0.4, 0.5) is 5.69 Å². The highest BCUT2D eigenvalue weighted by Gasteiger charge is 2.20. The lowest BCUT2D eigenvalue weighted by molar-refractivity contribution is 0.0942. The van der Waals surface area contributed by atoms with E-state index in [1.165, 1.54) is 10.9 Å². The van der Waals surface area contributed by atoms with Gasteiger partial charge in [0.1, 0.15) is 5.69 Å². The summed E-state index contributed by atoms with van der Waals surface area (Å²) in [6, 6.07) is 1.67. The zero-order chi connectivity index (χ0) is 18.8. The fourth-order valence-electron chi connectivity index (χ4n) is 2.49. The van der Waals surface area contributed by atoms with Crippen LogP contribution in [0.25, 0.3) is 0 Å². The van der Waals surface area contributed by atoms with Gasteiger partial charge in [0.15, 0.2) is 5.69 Å². The normalized spacial score (nSPS) is 10.8. The predicted octanol–water partition coefficient (Wildman–Crippen LogP) is 0.378. The van der Waals surface area contributed by atoms with E-state index in [1.807, 2.05) is 13.1 Å². The van der Waals surface area contributed by atoms with Crippen LogP contribution < -0.4 is 10.6 Å². The first-order valence-electron chi connectivity index (χ1n) is 7.95. The molecule has 0 unspecified atom stereocenters. The molecule has 136 valence electrons. The van der Waals surface area contributed by atoms with Gasteiger partial charge in [-0.2, -0.15) is 15.3 Å². The second kappa shape index (κ2) is 6.82. The van der Waals surface area contributed by atoms with Gasteiger partial charge in [-0.1, -0.05) is 0 Å². The van der Waals surface area contributed by atoms with Gasteiger partial charge in [0.25, 0.3) is 11.8 Å². The predicted molar refractivity (Wildman–Crippen MR) is 93.5 cm³/mol. The van der Waals surface area contributed by atoms with Crippen LogP contribution >= 0.6 is 0 Å². The third kappa shape index (κ3) is 3.48. The number of hydrogen-bond acceptors (Lipinski definition) is 5. The Morgan fingerprint density at radius 3 is 2.46 bits per heavy atom. The van der Waals surface area contributed by atoms with Gasteiger partial charge in [-0.15, -0.1) is 0 Å². The van der Waals surface area contributed by atoms with Crippen LogP contribution in [-0.2, 0) is 27.7 Å². The lowest BCUT2D eigenvalue weighted by Crippen LogP contribution is -2.26. The van der Waals surface area contributed by atoms with E-state index in [-0.39, 0.29) is 17.3 Å². The minimum absolute atomic E-state index is 0.259. The van der Waals surface area contributed by atoms with E-state index in [4.69, 9.17) is 0 Å². The lowest BCUT2D eigenvalue weighted by atomic mass is 10.3. The van der Waals surface area contributed by atoms with Gasteiger partial charge in [0.2, 0.25) is 0 Å². The molecule has 0 spiro atoms. The molecule has 0 aliphatic carbocycles. The number of nitrogens with zero attached hydrogens (tertiary/aromatic N) is 6. The van der Waals surface area contributed by atoms with Crippen molar-refractivity contribution in [3.05, 3.63) is 47.3 Å². The van der Waals surface area contributed by atoms with Crippen LogP contribution in [0.1, 0.15) is 32.2 Å². The van der Waals surface area contributed by atoms with Crippen molar-refractivity contribution in [3.8, 4) is 0 Å². The molecular formula is C16H20N8O2.